The van der Waals surface area contributed by atoms with Gasteiger partial charge in [-0.15, -0.1) is 0 Å². The fraction of sp³-hybridized carbons (Fsp3) is 0.350. The minimum atomic E-state index is -0.502. The summed E-state index contributed by atoms with van der Waals surface area (Å²) < 4.78 is 0. The van der Waals surface area contributed by atoms with Crippen LogP contribution >= 0.6 is 11.6 Å². The predicted octanol–water partition coefficient (Wildman–Crippen LogP) is 4.55. The molecule has 0 aliphatic rings. The topological polar surface area (TPSA) is 55.1 Å². The van der Waals surface area contributed by atoms with Gasteiger partial charge in [0.05, 0.1) is 10.6 Å². The van der Waals surface area contributed by atoms with E-state index in [1.807, 2.05) is 13.0 Å². The van der Waals surface area contributed by atoms with Crippen LogP contribution in [0.2, 0.25) is 5.02 Å². The Morgan fingerprint density at radius 2 is 1.83 bits per heavy atom. The summed E-state index contributed by atoms with van der Waals surface area (Å²) >= 11 is 6.27. The van der Waals surface area contributed by atoms with Crippen LogP contribution in [-0.4, -0.2) is 12.5 Å². The quantitative estimate of drug-likeness (QED) is 0.724. The van der Waals surface area contributed by atoms with Gasteiger partial charge < -0.3 is 11.1 Å². The minimum absolute atomic E-state index is 0.365. The van der Waals surface area contributed by atoms with Crippen molar-refractivity contribution in [3.8, 4) is 11.1 Å². The Balaban J connectivity index is 2.11. The minimum Gasteiger partial charge on any atom is -0.366 e. The van der Waals surface area contributed by atoms with Crippen LogP contribution in [0.5, 0.6) is 0 Å². The zero-order valence-electron chi connectivity index (χ0n) is 14.5. The smallest absolute Gasteiger partial charge is 0.250 e. The van der Waals surface area contributed by atoms with Crippen LogP contribution in [0.15, 0.2) is 36.4 Å². The third kappa shape index (κ3) is 4.59. The second-order valence-corrected chi connectivity index (χ2v) is 6.90. The summed E-state index contributed by atoms with van der Waals surface area (Å²) in [5, 5.41) is 3.89. The molecule has 0 spiro atoms. The summed E-state index contributed by atoms with van der Waals surface area (Å²) in [6.45, 7) is 8.27. The molecule has 0 aromatic heterocycles. The number of primary amides is 1. The van der Waals surface area contributed by atoms with E-state index in [1.54, 1.807) is 6.07 Å². The molecule has 0 radical (unpaired) electrons. The normalized spacial score (nSPS) is 11.0. The van der Waals surface area contributed by atoms with Gasteiger partial charge in [0.15, 0.2) is 0 Å². The van der Waals surface area contributed by atoms with Crippen molar-refractivity contribution < 1.29 is 4.79 Å². The number of amides is 1. The maximum Gasteiger partial charge on any atom is 0.250 e. The average Bonchev–Trinajstić information content (AvgIpc) is 2.54. The molecule has 128 valence electrons. The van der Waals surface area contributed by atoms with Gasteiger partial charge >= 0.3 is 0 Å². The summed E-state index contributed by atoms with van der Waals surface area (Å²) in [5.41, 5.74) is 9.92. The van der Waals surface area contributed by atoms with Crippen molar-refractivity contribution in [3.05, 3.63) is 58.1 Å². The summed E-state index contributed by atoms with van der Waals surface area (Å²) in [4.78, 5) is 11.4. The maximum atomic E-state index is 11.4. The molecule has 1 amide bonds. The van der Waals surface area contributed by atoms with Crippen molar-refractivity contribution in [2.75, 3.05) is 6.54 Å². The fourth-order valence-corrected chi connectivity index (χ4v) is 2.87. The van der Waals surface area contributed by atoms with Crippen molar-refractivity contribution in [3.63, 3.8) is 0 Å². The van der Waals surface area contributed by atoms with Crippen LogP contribution in [0.25, 0.3) is 11.1 Å². The number of hydrogen-bond donors (Lipinski definition) is 2. The highest BCUT2D eigenvalue weighted by molar-refractivity contribution is 6.35. The third-order valence-corrected chi connectivity index (χ3v) is 4.63. The molecule has 0 saturated carbocycles. The van der Waals surface area contributed by atoms with E-state index in [1.165, 1.54) is 12.0 Å². The highest BCUT2D eigenvalue weighted by Gasteiger charge is 2.13. The van der Waals surface area contributed by atoms with E-state index in [4.69, 9.17) is 17.3 Å². The molecule has 4 heteroatoms. The lowest BCUT2D eigenvalue weighted by Gasteiger charge is -2.12. The number of hydrogen-bond acceptors (Lipinski definition) is 2. The second kappa shape index (κ2) is 8.32. The molecule has 0 saturated heterocycles. The lowest BCUT2D eigenvalue weighted by molar-refractivity contribution is 0.100. The number of carbonyl (C=O) groups is 1. The first-order valence-electron chi connectivity index (χ1n) is 8.29. The number of nitrogens with two attached hydrogens (primary N) is 1. The Hall–Kier alpha value is -1.84. The van der Waals surface area contributed by atoms with Gasteiger partial charge in [-0.3, -0.25) is 4.79 Å². The Bertz CT molecular complexity index is 708. The first-order chi connectivity index (χ1) is 11.4. The molecule has 2 rings (SSSR count). The third-order valence-electron chi connectivity index (χ3n) is 4.14. The van der Waals surface area contributed by atoms with E-state index in [0.29, 0.717) is 10.6 Å². The second-order valence-electron chi connectivity index (χ2n) is 6.52. The van der Waals surface area contributed by atoms with E-state index in [2.05, 4.69) is 43.4 Å². The van der Waals surface area contributed by atoms with E-state index < -0.39 is 5.91 Å². The number of nitrogens with one attached hydrogen (secondary N) is 1. The zero-order valence-corrected chi connectivity index (χ0v) is 15.3. The molecular formula is C20H25ClN2O. The van der Waals surface area contributed by atoms with Gasteiger partial charge in [-0.1, -0.05) is 55.8 Å². The van der Waals surface area contributed by atoms with E-state index in [-0.39, 0.29) is 0 Å². The fourth-order valence-electron chi connectivity index (χ4n) is 2.61. The molecule has 0 heterocycles. The van der Waals surface area contributed by atoms with Crippen molar-refractivity contribution >= 4 is 17.5 Å². The Morgan fingerprint density at radius 1 is 1.17 bits per heavy atom. The van der Waals surface area contributed by atoms with Crippen molar-refractivity contribution in [2.24, 2.45) is 11.7 Å². The molecule has 3 N–H and O–H groups in total. The molecule has 3 nitrogen and oxygen atoms in total. The van der Waals surface area contributed by atoms with Crippen LogP contribution in [0.3, 0.4) is 0 Å². The van der Waals surface area contributed by atoms with Crippen molar-refractivity contribution in [1.29, 1.82) is 0 Å². The van der Waals surface area contributed by atoms with Crippen LogP contribution in [0, 0.1) is 12.8 Å². The summed E-state index contributed by atoms with van der Waals surface area (Å²) in [5.74, 6) is 0.216. The van der Waals surface area contributed by atoms with E-state index >= 15 is 0 Å². The SMILES string of the molecule is Cc1c(-c2ccc(CNCCC(C)C)cc2)ccc(C(N)=O)c1Cl. The molecule has 0 atom stereocenters. The van der Waals surface area contributed by atoms with Gasteiger partial charge in [-0.2, -0.15) is 0 Å². The predicted molar refractivity (Wildman–Crippen MR) is 101 cm³/mol. The Morgan fingerprint density at radius 3 is 2.42 bits per heavy atom. The summed E-state index contributed by atoms with van der Waals surface area (Å²) in [6.07, 6.45) is 1.18. The van der Waals surface area contributed by atoms with E-state index in [9.17, 15) is 4.79 Å². The van der Waals surface area contributed by atoms with Gasteiger partial charge in [0.25, 0.3) is 0 Å². The van der Waals surface area contributed by atoms with Crippen LogP contribution in [0.1, 0.15) is 41.8 Å². The molecule has 0 unspecified atom stereocenters. The monoisotopic (exact) mass is 344 g/mol. The van der Waals surface area contributed by atoms with Crippen molar-refractivity contribution in [1.82, 2.24) is 5.32 Å². The van der Waals surface area contributed by atoms with Crippen molar-refractivity contribution in [2.45, 2.75) is 33.7 Å². The summed E-state index contributed by atoms with van der Waals surface area (Å²) in [6, 6.07) is 12.0. The Labute approximate surface area is 149 Å². The van der Waals surface area contributed by atoms with E-state index in [0.717, 1.165) is 35.7 Å². The molecule has 24 heavy (non-hydrogen) atoms. The highest BCUT2D eigenvalue weighted by atomic mass is 35.5. The number of rotatable bonds is 7. The molecular weight excluding hydrogens is 320 g/mol. The van der Waals surface area contributed by atoms with Gasteiger partial charge in [-0.05, 0) is 54.1 Å². The van der Waals surface area contributed by atoms with Gasteiger partial charge in [0.2, 0.25) is 5.91 Å². The molecule has 0 aliphatic carbocycles. The highest BCUT2D eigenvalue weighted by Crippen LogP contribution is 2.31. The number of carbonyl (C=O) groups excluding carboxylic acids is 1. The lowest BCUT2D eigenvalue weighted by atomic mass is 9.97. The lowest BCUT2D eigenvalue weighted by Crippen LogP contribution is -2.16. The first-order valence-corrected chi connectivity index (χ1v) is 8.67. The molecule has 0 fully saturated rings. The zero-order chi connectivity index (χ0) is 17.7. The molecule has 2 aromatic carbocycles. The van der Waals surface area contributed by atoms with Crippen LogP contribution < -0.4 is 11.1 Å². The molecule has 0 bridgehead atoms. The summed E-state index contributed by atoms with van der Waals surface area (Å²) in [7, 11) is 0. The standard InChI is InChI=1S/C20H25ClN2O/c1-13(2)10-11-23-12-15-4-6-16(7-5-15)17-8-9-18(20(22)24)19(21)14(17)3/h4-9,13,23H,10-12H2,1-3H3,(H2,22,24). The first kappa shape index (κ1) is 18.5. The number of benzene rings is 2. The molecule has 0 aliphatic heterocycles. The van der Waals surface area contributed by atoms with Gasteiger partial charge in [0.1, 0.15) is 0 Å². The largest absolute Gasteiger partial charge is 0.366 e. The van der Waals surface area contributed by atoms with Gasteiger partial charge in [0, 0.05) is 6.54 Å². The average molecular weight is 345 g/mol. The number of halogens is 1. The van der Waals surface area contributed by atoms with Gasteiger partial charge in [-0.25, -0.2) is 0 Å². The molecule has 2 aromatic rings. The van der Waals surface area contributed by atoms with Crippen LogP contribution in [0.4, 0.5) is 0 Å². The maximum absolute atomic E-state index is 11.4. The Kier molecular flexibility index (Phi) is 6.41. The van der Waals surface area contributed by atoms with Crippen LogP contribution in [-0.2, 0) is 6.54 Å².